The van der Waals surface area contributed by atoms with Gasteiger partial charge in [0.15, 0.2) is 12.4 Å². The van der Waals surface area contributed by atoms with E-state index in [1.807, 2.05) is 6.92 Å². The summed E-state index contributed by atoms with van der Waals surface area (Å²) in [6, 6.07) is 3.28. The molecule has 1 atom stereocenters. The monoisotopic (exact) mass is 323 g/mol. The van der Waals surface area contributed by atoms with Crippen molar-refractivity contribution in [2.24, 2.45) is 11.7 Å². The number of rotatable bonds is 6. The maximum absolute atomic E-state index is 12.3. The molecule has 1 aromatic heterocycles. The number of carbonyl (C=O) groups excluding carboxylic acids is 1. The Morgan fingerprint density at radius 2 is 2.14 bits per heavy atom. The molecule has 0 aliphatic carbocycles. The third-order valence-corrected chi connectivity index (χ3v) is 4.15. The van der Waals surface area contributed by atoms with Crippen LogP contribution in [0, 0.1) is 5.92 Å². The van der Waals surface area contributed by atoms with Crippen LogP contribution in [0.3, 0.4) is 0 Å². The number of amides is 1. The Morgan fingerprint density at radius 1 is 1.45 bits per heavy atom. The Kier molecular flexibility index (Phi) is 5.54. The fraction of sp³-hybridized carbons (Fsp3) is 0.533. The second kappa shape index (κ2) is 7.40. The van der Waals surface area contributed by atoms with Gasteiger partial charge in [0.1, 0.15) is 0 Å². The molecule has 22 heavy (non-hydrogen) atoms. The zero-order valence-corrected chi connectivity index (χ0v) is 13.5. The van der Waals surface area contributed by atoms with E-state index in [9.17, 15) is 9.59 Å². The molecule has 1 unspecified atom stereocenters. The van der Waals surface area contributed by atoms with Gasteiger partial charge in [-0.1, -0.05) is 19.1 Å². The van der Waals surface area contributed by atoms with Gasteiger partial charge in [0.05, 0.1) is 4.99 Å². The molecule has 120 valence electrons. The summed E-state index contributed by atoms with van der Waals surface area (Å²) in [6.07, 6.45) is 3.72. The first-order chi connectivity index (χ1) is 10.5. The summed E-state index contributed by atoms with van der Waals surface area (Å²) in [5, 5.41) is 0. The minimum atomic E-state index is -0.278. The van der Waals surface area contributed by atoms with E-state index >= 15 is 0 Å². The summed E-state index contributed by atoms with van der Waals surface area (Å²) in [5.74, 6) is 0.00294. The lowest BCUT2D eigenvalue weighted by Crippen LogP contribution is -2.34. The number of likely N-dealkylation sites (tertiary alicyclic amines) is 1. The average Bonchev–Trinajstić information content (AvgIpc) is 3.02. The van der Waals surface area contributed by atoms with Crippen LogP contribution in [0.4, 0.5) is 0 Å². The van der Waals surface area contributed by atoms with Crippen LogP contribution in [0.25, 0.3) is 0 Å². The number of hydrogen-bond donors (Lipinski definition) is 1. The van der Waals surface area contributed by atoms with Crippen molar-refractivity contribution >= 4 is 23.1 Å². The van der Waals surface area contributed by atoms with E-state index in [1.54, 1.807) is 23.2 Å². The predicted octanol–water partition coefficient (Wildman–Crippen LogP) is 0.772. The average molecular weight is 323 g/mol. The first-order valence-corrected chi connectivity index (χ1v) is 7.79. The molecule has 0 bridgehead atoms. The number of pyridine rings is 1. The van der Waals surface area contributed by atoms with Crippen LogP contribution in [0.2, 0.25) is 0 Å². The van der Waals surface area contributed by atoms with Gasteiger partial charge < -0.3 is 19.9 Å². The molecule has 0 saturated carbocycles. The van der Waals surface area contributed by atoms with Crippen molar-refractivity contribution in [3.8, 4) is 5.75 Å². The summed E-state index contributed by atoms with van der Waals surface area (Å²) in [4.78, 5) is 26.4. The maximum Gasteiger partial charge on any atom is 0.292 e. The minimum absolute atomic E-state index is 0.0798. The fourth-order valence-electron chi connectivity index (χ4n) is 2.35. The highest BCUT2D eigenvalue weighted by atomic mass is 32.1. The zero-order valence-electron chi connectivity index (χ0n) is 12.7. The van der Waals surface area contributed by atoms with E-state index in [2.05, 4.69) is 0 Å². The summed E-state index contributed by atoms with van der Waals surface area (Å²) >= 11 is 4.92. The molecule has 2 rings (SSSR count). The van der Waals surface area contributed by atoms with Crippen LogP contribution >= 0.6 is 12.2 Å². The number of carbonyl (C=O) groups is 1. The molecular weight excluding hydrogens is 302 g/mol. The number of hydrogen-bond acceptors (Lipinski definition) is 4. The molecule has 6 nitrogen and oxygen atoms in total. The van der Waals surface area contributed by atoms with Gasteiger partial charge in [-0.05, 0) is 25.0 Å². The van der Waals surface area contributed by atoms with Crippen molar-refractivity contribution in [2.75, 3.05) is 19.7 Å². The van der Waals surface area contributed by atoms with E-state index in [0.717, 1.165) is 25.9 Å². The van der Waals surface area contributed by atoms with Gasteiger partial charge in [-0.3, -0.25) is 9.59 Å². The molecule has 1 fully saturated rings. The Morgan fingerprint density at radius 3 is 2.77 bits per heavy atom. The second-order valence-corrected chi connectivity index (χ2v) is 5.98. The van der Waals surface area contributed by atoms with Gasteiger partial charge >= 0.3 is 0 Å². The van der Waals surface area contributed by atoms with Crippen LogP contribution in [-0.2, 0) is 11.3 Å². The lowest BCUT2D eigenvalue weighted by atomic mass is 10.2. The van der Waals surface area contributed by atoms with Crippen molar-refractivity contribution in [1.29, 1.82) is 0 Å². The molecular formula is C15H21N3O3S. The number of nitrogens with zero attached hydrogens (tertiary/aromatic N) is 2. The van der Waals surface area contributed by atoms with Crippen molar-refractivity contribution in [1.82, 2.24) is 9.47 Å². The molecule has 7 heteroatoms. The van der Waals surface area contributed by atoms with Crippen LogP contribution < -0.4 is 16.0 Å². The van der Waals surface area contributed by atoms with Crippen molar-refractivity contribution < 1.29 is 9.53 Å². The number of ether oxygens (including phenoxy) is 1. The predicted molar refractivity (Wildman–Crippen MR) is 88.0 cm³/mol. The molecule has 1 aromatic rings. The normalized spacial score (nSPS) is 15.6. The molecule has 2 heterocycles. The number of thiocarbonyl (C=S) groups is 1. The standard InChI is InChI=1S/C15H21N3O3S/c1-11(14(16)22)9-18-8-4-5-12(15(18)20)21-10-13(19)17-6-2-3-7-17/h4-5,8,11H,2-3,6-7,9-10H2,1H3,(H2,16,22). The molecule has 2 N–H and O–H groups in total. The topological polar surface area (TPSA) is 77.6 Å². The van der Waals surface area contributed by atoms with E-state index in [1.165, 1.54) is 4.57 Å². The van der Waals surface area contributed by atoms with Gasteiger partial charge in [-0.25, -0.2) is 0 Å². The Balaban J connectivity index is 2.00. The highest BCUT2D eigenvalue weighted by Gasteiger charge is 2.19. The molecule has 0 aromatic carbocycles. The first-order valence-electron chi connectivity index (χ1n) is 7.38. The molecule has 1 amide bonds. The molecule has 0 radical (unpaired) electrons. The SMILES string of the molecule is CC(Cn1cccc(OCC(=O)N2CCCC2)c1=O)C(N)=S. The highest BCUT2D eigenvalue weighted by Crippen LogP contribution is 2.09. The Labute approximate surface area is 134 Å². The summed E-state index contributed by atoms with van der Waals surface area (Å²) < 4.78 is 6.90. The van der Waals surface area contributed by atoms with Crippen LogP contribution in [0.5, 0.6) is 5.75 Å². The van der Waals surface area contributed by atoms with Gasteiger partial charge in [-0.15, -0.1) is 0 Å². The van der Waals surface area contributed by atoms with Crippen LogP contribution in [-0.4, -0.2) is 40.1 Å². The lowest BCUT2D eigenvalue weighted by Gasteiger charge is -2.16. The largest absolute Gasteiger partial charge is 0.478 e. The number of nitrogens with two attached hydrogens (primary N) is 1. The van der Waals surface area contributed by atoms with Gasteiger partial charge in [0.25, 0.3) is 11.5 Å². The van der Waals surface area contributed by atoms with Crippen molar-refractivity contribution in [3.05, 3.63) is 28.7 Å². The second-order valence-electron chi connectivity index (χ2n) is 5.51. The van der Waals surface area contributed by atoms with Crippen molar-refractivity contribution in [3.63, 3.8) is 0 Å². The van der Waals surface area contributed by atoms with Gasteiger partial charge in [0.2, 0.25) is 0 Å². The molecule has 0 spiro atoms. The smallest absolute Gasteiger partial charge is 0.292 e. The lowest BCUT2D eigenvalue weighted by molar-refractivity contribution is -0.132. The van der Waals surface area contributed by atoms with Crippen LogP contribution in [0.15, 0.2) is 23.1 Å². The summed E-state index contributed by atoms with van der Waals surface area (Å²) in [6.45, 7) is 3.69. The summed E-state index contributed by atoms with van der Waals surface area (Å²) in [7, 11) is 0. The van der Waals surface area contributed by atoms with Gasteiger partial charge in [-0.2, -0.15) is 0 Å². The fourth-order valence-corrected chi connectivity index (χ4v) is 2.43. The third-order valence-electron chi connectivity index (χ3n) is 3.75. The molecule has 1 aliphatic rings. The highest BCUT2D eigenvalue weighted by molar-refractivity contribution is 7.80. The molecule has 1 saturated heterocycles. The third kappa shape index (κ3) is 4.07. The van der Waals surface area contributed by atoms with Crippen LogP contribution in [0.1, 0.15) is 19.8 Å². The Bertz CT molecular complexity index is 608. The van der Waals surface area contributed by atoms with Crippen molar-refractivity contribution in [2.45, 2.75) is 26.3 Å². The zero-order chi connectivity index (χ0) is 16.1. The Hall–Kier alpha value is -1.89. The minimum Gasteiger partial charge on any atom is -0.478 e. The van der Waals surface area contributed by atoms with E-state index in [4.69, 9.17) is 22.7 Å². The van der Waals surface area contributed by atoms with E-state index in [0.29, 0.717) is 11.5 Å². The first kappa shape index (κ1) is 16.5. The van der Waals surface area contributed by atoms with Gasteiger partial charge in [0, 0.05) is 31.7 Å². The quantitative estimate of drug-likeness (QED) is 0.783. The summed E-state index contributed by atoms with van der Waals surface area (Å²) in [5.41, 5.74) is 5.30. The van der Waals surface area contributed by atoms with E-state index in [-0.39, 0.29) is 29.7 Å². The maximum atomic E-state index is 12.3. The van der Waals surface area contributed by atoms with E-state index < -0.39 is 0 Å². The molecule has 1 aliphatic heterocycles. The number of aromatic nitrogens is 1.